The summed E-state index contributed by atoms with van der Waals surface area (Å²) in [4.78, 5) is 13.2. The van der Waals surface area contributed by atoms with Crippen molar-refractivity contribution in [1.82, 2.24) is 4.98 Å². The first-order chi connectivity index (χ1) is 6.15. The van der Waals surface area contributed by atoms with E-state index in [2.05, 4.69) is 4.98 Å². The van der Waals surface area contributed by atoms with Crippen molar-refractivity contribution in [3.63, 3.8) is 0 Å². The van der Waals surface area contributed by atoms with Crippen molar-refractivity contribution in [2.45, 2.75) is 12.2 Å². The van der Waals surface area contributed by atoms with Crippen molar-refractivity contribution in [2.75, 3.05) is 6.54 Å². The maximum absolute atomic E-state index is 10.8. The molecule has 1 aromatic rings. The number of H-pyrrole nitrogens is 1. The zero-order chi connectivity index (χ0) is 9.84. The minimum atomic E-state index is -1.10. The fourth-order valence-corrected chi connectivity index (χ4v) is 0.996. The maximum atomic E-state index is 10.8. The van der Waals surface area contributed by atoms with Crippen LogP contribution in [0.4, 0.5) is 0 Å². The highest BCUT2D eigenvalue weighted by Crippen LogP contribution is 2.13. The zero-order valence-electron chi connectivity index (χ0n) is 6.97. The Morgan fingerprint density at radius 2 is 2.23 bits per heavy atom. The lowest BCUT2D eigenvalue weighted by Gasteiger charge is -2.15. The fourth-order valence-electron chi connectivity index (χ4n) is 0.996. The van der Waals surface area contributed by atoms with Gasteiger partial charge >= 0.3 is 0 Å². The Morgan fingerprint density at radius 1 is 1.54 bits per heavy atom. The van der Waals surface area contributed by atoms with Crippen molar-refractivity contribution >= 4 is 0 Å². The third-order valence-electron chi connectivity index (χ3n) is 1.75. The summed E-state index contributed by atoms with van der Waals surface area (Å²) in [7, 11) is 0. The molecule has 2 unspecified atom stereocenters. The molecular weight excluding hydrogens is 172 g/mol. The highest BCUT2D eigenvalue weighted by molar-refractivity contribution is 5.14. The summed E-state index contributed by atoms with van der Waals surface area (Å²) in [6.07, 6.45) is -0.737. The number of aliphatic hydroxyl groups is 2. The quantitative estimate of drug-likeness (QED) is 0.470. The van der Waals surface area contributed by atoms with E-state index in [1.54, 1.807) is 0 Å². The molecule has 0 amide bonds. The predicted octanol–water partition coefficient (Wildman–Crippen LogP) is -1.27. The van der Waals surface area contributed by atoms with E-state index in [-0.39, 0.29) is 12.1 Å². The third-order valence-corrected chi connectivity index (χ3v) is 1.75. The topological polar surface area (TPSA) is 99.3 Å². The molecule has 72 valence electrons. The van der Waals surface area contributed by atoms with Gasteiger partial charge in [-0.2, -0.15) is 0 Å². The minimum Gasteiger partial charge on any atom is -0.389 e. The lowest BCUT2D eigenvalue weighted by atomic mass is 10.1. The highest BCUT2D eigenvalue weighted by atomic mass is 16.3. The molecule has 1 rings (SSSR count). The number of nitrogens with two attached hydrogens (primary N) is 1. The molecule has 0 aliphatic rings. The van der Waals surface area contributed by atoms with Gasteiger partial charge in [0.1, 0.15) is 6.10 Å². The van der Waals surface area contributed by atoms with E-state index >= 15 is 0 Å². The summed E-state index contributed by atoms with van der Waals surface area (Å²) in [5, 5.41) is 18.6. The summed E-state index contributed by atoms with van der Waals surface area (Å²) < 4.78 is 0. The summed E-state index contributed by atoms with van der Waals surface area (Å²) >= 11 is 0. The van der Waals surface area contributed by atoms with Gasteiger partial charge in [0.25, 0.3) is 0 Å². The first-order valence-corrected chi connectivity index (χ1v) is 3.90. The van der Waals surface area contributed by atoms with Crippen molar-refractivity contribution < 1.29 is 10.2 Å². The standard InChI is InChI=1S/C8H12N2O3/c9-4-6(11)8(13)5-1-2-10-7(12)3-5/h1-3,6,8,11,13H,4,9H2,(H,10,12). The van der Waals surface area contributed by atoms with Gasteiger partial charge in [0, 0.05) is 18.8 Å². The summed E-state index contributed by atoms with van der Waals surface area (Å²) in [6, 6.07) is 2.74. The van der Waals surface area contributed by atoms with E-state index in [9.17, 15) is 15.0 Å². The molecule has 5 N–H and O–H groups in total. The van der Waals surface area contributed by atoms with Crippen LogP contribution in [0.3, 0.4) is 0 Å². The highest BCUT2D eigenvalue weighted by Gasteiger charge is 2.16. The molecule has 0 aliphatic carbocycles. The van der Waals surface area contributed by atoms with Crippen molar-refractivity contribution in [3.8, 4) is 0 Å². The molecule has 13 heavy (non-hydrogen) atoms. The van der Waals surface area contributed by atoms with E-state index in [1.165, 1.54) is 18.3 Å². The van der Waals surface area contributed by atoms with Crippen molar-refractivity contribution in [2.24, 2.45) is 5.73 Å². The summed E-state index contributed by atoms with van der Waals surface area (Å²) in [6.45, 7) is -0.0477. The third kappa shape index (κ3) is 2.38. The van der Waals surface area contributed by atoms with Crippen LogP contribution in [0.1, 0.15) is 11.7 Å². The van der Waals surface area contributed by atoms with Gasteiger partial charge in [0.15, 0.2) is 0 Å². The predicted molar refractivity (Wildman–Crippen MR) is 47.1 cm³/mol. The van der Waals surface area contributed by atoms with E-state index in [4.69, 9.17) is 5.73 Å². The first kappa shape index (κ1) is 9.91. The summed E-state index contributed by atoms with van der Waals surface area (Å²) in [5.41, 5.74) is 5.20. The second kappa shape index (κ2) is 4.18. The molecule has 1 aromatic heterocycles. The van der Waals surface area contributed by atoms with Gasteiger partial charge in [-0.3, -0.25) is 4.79 Å². The van der Waals surface area contributed by atoms with E-state index in [1.807, 2.05) is 0 Å². The van der Waals surface area contributed by atoms with Gasteiger partial charge in [-0.1, -0.05) is 0 Å². The number of aromatic nitrogens is 1. The zero-order valence-corrected chi connectivity index (χ0v) is 6.97. The number of hydrogen-bond acceptors (Lipinski definition) is 4. The lowest BCUT2D eigenvalue weighted by molar-refractivity contribution is 0.0242. The number of aromatic amines is 1. The Kier molecular flexibility index (Phi) is 3.18. The average molecular weight is 184 g/mol. The lowest BCUT2D eigenvalue weighted by Crippen LogP contribution is -2.27. The Bertz CT molecular complexity index is 323. The Morgan fingerprint density at radius 3 is 2.77 bits per heavy atom. The van der Waals surface area contributed by atoms with Crippen LogP contribution >= 0.6 is 0 Å². The van der Waals surface area contributed by atoms with Crippen molar-refractivity contribution in [3.05, 3.63) is 34.2 Å². The molecule has 0 saturated heterocycles. The molecule has 0 aliphatic heterocycles. The molecule has 5 heteroatoms. The maximum Gasteiger partial charge on any atom is 0.248 e. The SMILES string of the molecule is NCC(O)C(O)c1cc[nH]c(=O)c1. The molecule has 0 saturated carbocycles. The molecule has 0 aromatic carbocycles. The van der Waals surface area contributed by atoms with Gasteiger partial charge < -0.3 is 20.9 Å². The van der Waals surface area contributed by atoms with Gasteiger partial charge in [0.05, 0.1) is 6.10 Å². The number of hydrogen-bond donors (Lipinski definition) is 4. The Labute approximate surface area is 74.8 Å². The number of aliphatic hydroxyl groups excluding tert-OH is 2. The van der Waals surface area contributed by atoms with Gasteiger partial charge in [0.2, 0.25) is 5.56 Å². The monoisotopic (exact) mass is 184 g/mol. The molecular formula is C8H12N2O3. The second-order valence-electron chi connectivity index (χ2n) is 2.73. The average Bonchev–Trinajstić information content (AvgIpc) is 2.15. The molecule has 0 fully saturated rings. The van der Waals surface area contributed by atoms with Gasteiger partial charge in [-0.15, -0.1) is 0 Å². The molecule has 0 spiro atoms. The smallest absolute Gasteiger partial charge is 0.248 e. The number of rotatable bonds is 3. The number of nitrogens with one attached hydrogen (secondary N) is 1. The van der Waals surface area contributed by atoms with Crippen molar-refractivity contribution in [1.29, 1.82) is 0 Å². The molecule has 1 heterocycles. The summed E-state index contributed by atoms with van der Waals surface area (Å²) in [5.74, 6) is 0. The minimum absolute atomic E-state index is 0.0477. The van der Waals surface area contributed by atoms with Gasteiger partial charge in [-0.25, -0.2) is 0 Å². The van der Waals surface area contributed by atoms with Gasteiger partial charge in [-0.05, 0) is 11.6 Å². The van der Waals surface area contributed by atoms with Crippen LogP contribution in [0.5, 0.6) is 0 Å². The van der Waals surface area contributed by atoms with E-state index in [0.717, 1.165) is 0 Å². The fraction of sp³-hybridized carbons (Fsp3) is 0.375. The largest absolute Gasteiger partial charge is 0.389 e. The van der Waals surface area contributed by atoms with Crippen LogP contribution in [-0.4, -0.2) is 27.8 Å². The Hall–Kier alpha value is -1.17. The Balaban J connectivity index is 2.88. The first-order valence-electron chi connectivity index (χ1n) is 3.90. The second-order valence-corrected chi connectivity index (χ2v) is 2.73. The molecule has 0 bridgehead atoms. The normalized spacial score (nSPS) is 15.3. The van der Waals surface area contributed by atoms with Crippen LogP contribution in [0.15, 0.2) is 23.1 Å². The van der Waals surface area contributed by atoms with Crippen LogP contribution in [0, 0.1) is 0 Å². The molecule has 2 atom stereocenters. The van der Waals surface area contributed by atoms with Crippen LogP contribution < -0.4 is 11.3 Å². The number of pyridine rings is 1. The van der Waals surface area contributed by atoms with Crippen LogP contribution in [0.2, 0.25) is 0 Å². The van der Waals surface area contributed by atoms with E-state index < -0.39 is 12.2 Å². The molecule has 5 nitrogen and oxygen atoms in total. The molecule has 0 radical (unpaired) electrons. The van der Waals surface area contributed by atoms with Crippen LogP contribution in [0.25, 0.3) is 0 Å². The van der Waals surface area contributed by atoms with Crippen LogP contribution in [-0.2, 0) is 0 Å². The van der Waals surface area contributed by atoms with E-state index in [0.29, 0.717) is 5.56 Å².